The maximum atomic E-state index is 10.6. The van der Waals surface area contributed by atoms with E-state index in [0.29, 0.717) is 24.0 Å². The number of aliphatic imine (C=N–C) groups is 1. The monoisotopic (exact) mass is 279 g/mol. The van der Waals surface area contributed by atoms with Crippen molar-refractivity contribution in [3.63, 3.8) is 0 Å². The summed E-state index contributed by atoms with van der Waals surface area (Å²) in [5.74, 6) is 0.656. The van der Waals surface area contributed by atoms with Crippen molar-refractivity contribution in [2.24, 2.45) is 4.99 Å². The highest BCUT2D eigenvalue weighted by molar-refractivity contribution is 6.32. The Morgan fingerprint density at radius 1 is 1.42 bits per heavy atom. The molecule has 1 saturated carbocycles. The van der Waals surface area contributed by atoms with E-state index in [-0.39, 0.29) is 6.10 Å². The number of nitrogens with zero attached hydrogens (tertiary/aromatic N) is 1. The molecule has 1 aromatic rings. The van der Waals surface area contributed by atoms with Crippen molar-refractivity contribution in [3.8, 4) is 5.75 Å². The summed E-state index contributed by atoms with van der Waals surface area (Å²) in [5.41, 5.74) is 0.549. The molecule has 3 rings (SSSR count). The molecular weight excluding hydrogens is 266 g/mol. The largest absolute Gasteiger partial charge is 0.484 e. The van der Waals surface area contributed by atoms with Gasteiger partial charge in [0.15, 0.2) is 0 Å². The van der Waals surface area contributed by atoms with Gasteiger partial charge < -0.3 is 9.47 Å². The fraction of sp³-hybridized carbons (Fsp3) is 0.500. The number of halogens is 1. The van der Waals surface area contributed by atoms with Gasteiger partial charge in [0.2, 0.25) is 6.08 Å². The molecule has 5 heteroatoms. The second-order valence-corrected chi connectivity index (χ2v) is 5.42. The highest BCUT2D eigenvalue weighted by atomic mass is 35.5. The molecule has 0 unspecified atom stereocenters. The summed E-state index contributed by atoms with van der Waals surface area (Å²) in [6.45, 7) is 1.22. The van der Waals surface area contributed by atoms with E-state index in [0.717, 1.165) is 24.8 Å². The van der Waals surface area contributed by atoms with Crippen LogP contribution >= 0.6 is 11.6 Å². The molecule has 1 aliphatic heterocycles. The lowest BCUT2D eigenvalue weighted by Crippen LogP contribution is -2.38. The second-order valence-electron chi connectivity index (χ2n) is 5.01. The lowest BCUT2D eigenvalue weighted by molar-refractivity contribution is -0.0796. The molecule has 19 heavy (non-hydrogen) atoms. The molecule has 4 nitrogen and oxygen atoms in total. The fourth-order valence-electron chi connectivity index (χ4n) is 2.41. The van der Waals surface area contributed by atoms with Crippen LogP contribution in [0.5, 0.6) is 5.75 Å². The quantitative estimate of drug-likeness (QED) is 0.629. The molecule has 0 aromatic heterocycles. The van der Waals surface area contributed by atoms with Gasteiger partial charge in [-0.05, 0) is 37.0 Å². The Kier molecular flexibility index (Phi) is 3.31. The Balaban J connectivity index is 1.83. The Morgan fingerprint density at radius 3 is 2.68 bits per heavy atom. The number of rotatable bonds is 4. The summed E-state index contributed by atoms with van der Waals surface area (Å²) in [6.07, 6.45) is 4.58. The van der Waals surface area contributed by atoms with Crippen molar-refractivity contribution >= 4 is 17.7 Å². The Hall–Kier alpha value is -1.35. The molecule has 0 atom stereocenters. The molecule has 0 N–H and O–H groups in total. The molecular formula is C14H14ClNO3. The molecule has 1 aromatic carbocycles. The van der Waals surface area contributed by atoms with Crippen LogP contribution < -0.4 is 4.74 Å². The molecule has 2 aliphatic rings. The van der Waals surface area contributed by atoms with E-state index in [1.165, 1.54) is 0 Å². The van der Waals surface area contributed by atoms with E-state index in [2.05, 4.69) is 4.99 Å². The average molecular weight is 280 g/mol. The minimum atomic E-state index is -0.413. The van der Waals surface area contributed by atoms with Crippen molar-refractivity contribution in [2.45, 2.75) is 30.9 Å². The van der Waals surface area contributed by atoms with Gasteiger partial charge in [0, 0.05) is 0 Å². The van der Waals surface area contributed by atoms with Crippen LogP contribution in [0.15, 0.2) is 23.2 Å². The number of hydrogen-bond donors (Lipinski definition) is 0. The van der Waals surface area contributed by atoms with Crippen molar-refractivity contribution in [2.75, 3.05) is 13.2 Å². The number of isocyanates is 1. The van der Waals surface area contributed by atoms with Crippen molar-refractivity contribution in [3.05, 3.63) is 28.8 Å². The van der Waals surface area contributed by atoms with Gasteiger partial charge in [-0.1, -0.05) is 17.7 Å². The van der Waals surface area contributed by atoms with Crippen LogP contribution in [0.2, 0.25) is 5.02 Å². The lowest BCUT2D eigenvalue weighted by atomic mass is 9.72. The van der Waals surface area contributed by atoms with Crippen LogP contribution in [-0.2, 0) is 15.1 Å². The van der Waals surface area contributed by atoms with Crippen molar-refractivity contribution in [1.82, 2.24) is 0 Å². The first-order valence-electron chi connectivity index (χ1n) is 6.37. The lowest BCUT2D eigenvalue weighted by Gasteiger charge is -2.37. The van der Waals surface area contributed by atoms with Crippen LogP contribution in [0.4, 0.5) is 0 Å². The number of benzene rings is 1. The van der Waals surface area contributed by atoms with Gasteiger partial charge in [0.25, 0.3) is 0 Å². The van der Waals surface area contributed by atoms with Gasteiger partial charge in [0.05, 0.1) is 23.8 Å². The smallest absolute Gasteiger partial charge is 0.235 e. The zero-order valence-corrected chi connectivity index (χ0v) is 11.2. The highest BCUT2D eigenvalue weighted by Gasteiger charge is 2.39. The molecule has 0 radical (unpaired) electrons. The second kappa shape index (κ2) is 4.97. The third-order valence-electron chi connectivity index (χ3n) is 3.81. The number of carbonyl (C=O) groups excluding carboxylic acids is 1. The van der Waals surface area contributed by atoms with E-state index in [9.17, 15) is 4.79 Å². The normalized spacial score (nSPS) is 20.9. The predicted octanol–water partition coefficient (Wildman–Crippen LogP) is 2.83. The van der Waals surface area contributed by atoms with Gasteiger partial charge in [-0.15, -0.1) is 0 Å². The third-order valence-corrected chi connectivity index (χ3v) is 4.11. The minimum Gasteiger partial charge on any atom is -0.484 e. The van der Waals surface area contributed by atoms with E-state index in [4.69, 9.17) is 21.1 Å². The summed E-state index contributed by atoms with van der Waals surface area (Å²) in [7, 11) is 0. The highest BCUT2D eigenvalue weighted by Crippen LogP contribution is 2.46. The van der Waals surface area contributed by atoms with E-state index >= 15 is 0 Å². The molecule has 1 heterocycles. The van der Waals surface area contributed by atoms with Crippen LogP contribution in [0.1, 0.15) is 24.8 Å². The van der Waals surface area contributed by atoms with E-state index in [1.807, 2.05) is 18.2 Å². The van der Waals surface area contributed by atoms with Gasteiger partial charge in [0.1, 0.15) is 11.9 Å². The Bertz CT molecular complexity index is 531. The summed E-state index contributed by atoms with van der Waals surface area (Å²) >= 11 is 6.24. The maximum Gasteiger partial charge on any atom is 0.235 e. The van der Waals surface area contributed by atoms with E-state index < -0.39 is 5.54 Å². The zero-order valence-electron chi connectivity index (χ0n) is 10.4. The molecule has 0 bridgehead atoms. The molecule has 100 valence electrons. The van der Waals surface area contributed by atoms with Crippen LogP contribution in [0.25, 0.3) is 0 Å². The van der Waals surface area contributed by atoms with Crippen molar-refractivity contribution < 1.29 is 14.3 Å². The molecule has 1 aliphatic carbocycles. The number of ether oxygens (including phenoxy) is 2. The first-order chi connectivity index (χ1) is 9.23. The fourth-order valence-corrected chi connectivity index (χ4v) is 2.64. The summed E-state index contributed by atoms with van der Waals surface area (Å²) < 4.78 is 10.8. The SMILES string of the molecule is O=C=NC1(c2ccc(OC3COC3)c(Cl)c2)CCC1. The van der Waals surface area contributed by atoms with Gasteiger partial charge in [-0.3, -0.25) is 0 Å². The van der Waals surface area contributed by atoms with Crippen LogP contribution in [-0.4, -0.2) is 25.4 Å². The summed E-state index contributed by atoms with van der Waals surface area (Å²) in [5, 5.41) is 0.553. The van der Waals surface area contributed by atoms with Gasteiger partial charge in [-0.25, -0.2) is 4.79 Å². The first kappa shape index (κ1) is 12.7. The number of hydrogen-bond acceptors (Lipinski definition) is 4. The Labute approximate surface area is 116 Å². The van der Waals surface area contributed by atoms with Crippen LogP contribution in [0, 0.1) is 0 Å². The molecule has 1 saturated heterocycles. The van der Waals surface area contributed by atoms with Crippen LogP contribution in [0.3, 0.4) is 0 Å². The maximum absolute atomic E-state index is 10.6. The molecule has 2 fully saturated rings. The third kappa shape index (κ3) is 2.27. The standard InChI is InChI=1S/C14H14ClNO3/c15-12-6-10(14(16-9-17)4-1-5-14)2-3-13(12)19-11-7-18-8-11/h2-3,6,11H,1,4-5,7-8H2. The van der Waals surface area contributed by atoms with E-state index in [1.54, 1.807) is 6.08 Å². The summed E-state index contributed by atoms with van der Waals surface area (Å²) in [6, 6.07) is 5.62. The van der Waals surface area contributed by atoms with Gasteiger partial charge >= 0.3 is 0 Å². The molecule has 0 spiro atoms. The first-order valence-corrected chi connectivity index (χ1v) is 6.75. The average Bonchev–Trinajstić information content (AvgIpc) is 2.30. The van der Waals surface area contributed by atoms with Gasteiger partial charge in [-0.2, -0.15) is 4.99 Å². The minimum absolute atomic E-state index is 0.0917. The molecule has 0 amide bonds. The zero-order chi connectivity index (χ0) is 13.3. The summed E-state index contributed by atoms with van der Waals surface area (Å²) in [4.78, 5) is 14.5. The topological polar surface area (TPSA) is 47.9 Å². The predicted molar refractivity (Wildman–Crippen MR) is 70.3 cm³/mol. The Morgan fingerprint density at radius 2 is 2.21 bits per heavy atom. The van der Waals surface area contributed by atoms with Crippen molar-refractivity contribution in [1.29, 1.82) is 0 Å².